The average molecular weight is 407 g/mol. The van der Waals surface area contributed by atoms with Crippen LogP contribution in [0, 0.1) is 0 Å². The zero-order valence-electron chi connectivity index (χ0n) is 15.0. The van der Waals surface area contributed by atoms with Crippen molar-refractivity contribution in [3.05, 3.63) is 94.8 Å². The van der Waals surface area contributed by atoms with E-state index in [1.165, 1.54) is 23.2 Å². The van der Waals surface area contributed by atoms with E-state index in [0.717, 1.165) is 0 Å². The van der Waals surface area contributed by atoms with Gasteiger partial charge in [0.15, 0.2) is 0 Å². The van der Waals surface area contributed by atoms with E-state index in [-0.39, 0.29) is 17.1 Å². The van der Waals surface area contributed by atoms with Crippen LogP contribution in [0.1, 0.15) is 17.2 Å². The van der Waals surface area contributed by atoms with E-state index in [2.05, 4.69) is 4.98 Å². The average Bonchev–Trinajstić information content (AvgIpc) is 3.00. The molecule has 29 heavy (non-hydrogen) atoms. The number of phenols is 1. The van der Waals surface area contributed by atoms with Crippen molar-refractivity contribution < 1.29 is 19.8 Å². The molecule has 0 aliphatic carbocycles. The Hall–Kier alpha value is -3.64. The first-order chi connectivity index (χ1) is 14.0. The van der Waals surface area contributed by atoms with Gasteiger partial charge in [-0.1, -0.05) is 23.7 Å². The number of pyridine rings is 1. The Bertz CT molecular complexity index is 1110. The number of ketones is 1. The number of hydrogen-bond donors (Lipinski definition) is 2. The number of aromatic nitrogens is 1. The number of hydrogen-bond acceptors (Lipinski definition) is 5. The Balaban J connectivity index is 1.94. The third-order valence-electron chi connectivity index (χ3n) is 4.70. The molecule has 6 nitrogen and oxygen atoms in total. The summed E-state index contributed by atoms with van der Waals surface area (Å²) in [4.78, 5) is 31.1. The van der Waals surface area contributed by atoms with Gasteiger partial charge in [0.2, 0.25) is 0 Å². The fraction of sp³-hybridized carbons (Fsp3) is 0.0455. The first kappa shape index (κ1) is 18.7. The molecule has 7 heteroatoms. The van der Waals surface area contributed by atoms with Crippen LogP contribution in [0.4, 0.5) is 5.69 Å². The first-order valence-electron chi connectivity index (χ1n) is 8.73. The summed E-state index contributed by atoms with van der Waals surface area (Å²) in [5.74, 6) is -1.83. The number of carbonyl (C=O) groups excluding carboxylic acids is 2. The standard InChI is InChI=1S/C22H15ClN2O4/c23-15-7-3-14(4-8-15)20(27)18-19(13-5-9-17(26)10-6-13)25(22(29)21(18)28)16-2-1-11-24-12-16/h1-12,19,26-27H. The molecule has 144 valence electrons. The molecule has 0 radical (unpaired) electrons. The van der Waals surface area contributed by atoms with Crippen molar-refractivity contribution in [2.75, 3.05) is 4.90 Å². The molecule has 0 bridgehead atoms. The molecular weight excluding hydrogens is 392 g/mol. The van der Waals surface area contributed by atoms with Crippen LogP contribution >= 0.6 is 11.6 Å². The van der Waals surface area contributed by atoms with Gasteiger partial charge in [-0.15, -0.1) is 0 Å². The molecule has 2 heterocycles. The lowest BCUT2D eigenvalue weighted by Gasteiger charge is -2.25. The van der Waals surface area contributed by atoms with Gasteiger partial charge in [-0.2, -0.15) is 0 Å². The number of aromatic hydroxyl groups is 1. The fourth-order valence-electron chi connectivity index (χ4n) is 3.33. The van der Waals surface area contributed by atoms with Gasteiger partial charge in [-0.25, -0.2) is 0 Å². The Morgan fingerprint density at radius 3 is 2.31 bits per heavy atom. The second-order valence-electron chi connectivity index (χ2n) is 6.48. The van der Waals surface area contributed by atoms with Gasteiger partial charge < -0.3 is 10.2 Å². The van der Waals surface area contributed by atoms with Crippen molar-refractivity contribution in [1.29, 1.82) is 0 Å². The molecule has 1 saturated heterocycles. The predicted molar refractivity (Wildman–Crippen MR) is 109 cm³/mol. The molecule has 1 atom stereocenters. The summed E-state index contributed by atoms with van der Waals surface area (Å²) in [7, 11) is 0. The molecular formula is C22H15ClN2O4. The van der Waals surface area contributed by atoms with Crippen LogP contribution in [0.2, 0.25) is 5.02 Å². The maximum absolute atomic E-state index is 12.9. The van der Waals surface area contributed by atoms with E-state index < -0.39 is 17.7 Å². The topological polar surface area (TPSA) is 90.7 Å². The van der Waals surface area contributed by atoms with Gasteiger partial charge in [0.25, 0.3) is 11.7 Å². The van der Waals surface area contributed by atoms with E-state index >= 15 is 0 Å². The largest absolute Gasteiger partial charge is 0.508 e. The van der Waals surface area contributed by atoms with Crippen LogP contribution in [0.5, 0.6) is 5.75 Å². The highest BCUT2D eigenvalue weighted by atomic mass is 35.5. The highest BCUT2D eigenvalue weighted by Crippen LogP contribution is 2.42. The molecule has 1 amide bonds. The Morgan fingerprint density at radius 1 is 1.00 bits per heavy atom. The van der Waals surface area contributed by atoms with Gasteiger partial charge >= 0.3 is 0 Å². The van der Waals surface area contributed by atoms with Gasteiger partial charge in [-0.3, -0.25) is 19.5 Å². The van der Waals surface area contributed by atoms with E-state index in [4.69, 9.17) is 11.6 Å². The fourth-order valence-corrected chi connectivity index (χ4v) is 3.46. The highest BCUT2D eigenvalue weighted by molar-refractivity contribution is 6.51. The summed E-state index contributed by atoms with van der Waals surface area (Å²) in [6.07, 6.45) is 3.03. The number of aliphatic hydroxyl groups excluding tert-OH is 1. The molecule has 1 unspecified atom stereocenters. The lowest BCUT2D eigenvalue weighted by molar-refractivity contribution is -0.132. The predicted octanol–water partition coefficient (Wildman–Crippen LogP) is 4.07. The van der Waals surface area contributed by atoms with Crippen molar-refractivity contribution in [2.24, 2.45) is 0 Å². The normalized spacial score (nSPS) is 18.2. The minimum absolute atomic E-state index is 0.0461. The number of carbonyl (C=O) groups is 2. The highest BCUT2D eigenvalue weighted by Gasteiger charge is 2.47. The number of aliphatic hydroxyl groups is 1. The van der Waals surface area contributed by atoms with Crippen molar-refractivity contribution in [1.82, 2.24) is 4.98 Å². The van der Waals surface area contributed by atoms with E-state index in [9.17, 15) is 19.8 Å². The van der Waals surface area contributed by atoms with Crippen LogP contribution in [-0.4, -0.2) is 26.9 Å². The quantitative estimate of drug-likeness (QED) is 0.389. The number of amides is 1. The summed E-state index contributed by atoms with van der Waals surface area (Å²) in [5, 5.41) is 21.0. The molecule has 0 saturated carbocycles. The molecule has 0 spiro atoms. The molecule has 3 aromatic rings. The summed E-state index contributed by atoms with van der Waals surface area (Å²) >= 11 is 5.91. The summed E-state index contributed by atoms with van der Waals surface area (Å²) < 4.78 is 0. The first-order valence-corrected chi connectivity index (χ1v) is 9.11. The van der Waals surface area contributed by atoms with E-state index in [1.807, 2.05) is 0 Å². The molecule has 1 aliphatic heterocycles. The lowest BCUT2D eigenvalue weighted by Crippen LogP contribution is -2.29. The number of rotatable bonds is 3. The summed E-state index contributed by atoms with van der Waals surface area (Å²) in [5.41, 5.74) is 1.29. The Morgan fingerprint density at radius 2 is 1.69 bits per heavy atom. The van der Waals surface area contributed by atoms with Crippen molar-refractivity contribution in [3.63, 3.8) is 0 Å². The molecule has 2 aromatic carbocycles. The number of phenolic OH excluding ortho intramolecular Hbond substituents is 1. The van der Waals surface area contributed by atoms with Crippen LogP contribution in [0.25, 0.3) is 5.76 Å². The van der Waals surface area contributed by atoms with Gasteiger partial charge in [0, 0.05) is 16.8 Å². The van der Waals surface area contributed by atoms with Crippen LogP contribution in [-0.2, 0) is 9.59 Å². The molecule has 4 rings (SSSR count). The van der Waals surface area contributed by atoms with Gasteiger partial charge in [0.05, 0.1) is 23.5 Å². The second-order valence-corrected chi connectivity index (χ2v) is 6.92. The minimum Gasteiger partial charge on any atom is -0.508 e. The van der Waals surface area contributed by atoms with Crippen molar-refractivity contribution >= 4 is 34.7 Å². The Labute approximate surface area is 171 Å². The molecule has 2 N–H and O–H groups in total. The monoisotopic (exact) mass is 406 g/mol. The number of benzene rings is 2. The number of anilines is 1. The van der Waals surface area contributed by atoms with Gasteiger partial charge in [0.1, 0.15) is 11.5 Å². The van der Waals surface area contributed by atoms with Crippen LogP contribution in [0.3, 0.4) is 0 Å². The lowest BCUT2D eigenvalue weighted by atomic mass is 9.95. The van der Waals surface area contributed by atoms with Gasteiger partial charge in [-0.05, 0) is 54.1 Å². The van der Waals surface area contributed by atoms with Crippen LogP contribution in [0.15, 0.2) is 78.6 Å². The van der Waals surface area contributed by atoms with Crippen molar-refractivity contribution in [2.45, 2.75) is 6.04 Å². The Kier molecular flexibility index (Phi) is 4.78. The smallest absolute Gasteiger partial charge is 0.300 e. The van der Waals surface area contributed by atoms with E-state index in [0.29, 0.717) is 21.8 Å². The molecule has 1 fully saturated rings. The summed E-state index contributed by atoms with van der Waals surface area (Å²) in [6, 6.07) is 14.9. The van der Waals surface area contributed by atoms with Crippen molar-refractivity contribution in [3.8, 4) is 5.75 Å². The molecule has 1 aromatic heterocycles. The third-order valence-corrected chi connectivity index (χ3v) is 4.95. The maximum atomic E-state index is 12.9. The zero-order chi connectivity index (χ0) is 20.5. The van der Waals surface area contributed by atoms with E-state index in [1.54, 1.807) is 54.7 Å². The number of nitrogens with zero attached hydrogens (tertiary/aromatic N) is 2. The van der Waals surface area contributed by atoms with Crippen LogP contribution < -0.4 is 4.90 Å². The minimum atomic E-state index is -0.879. The molecule has 1 aliphatic rings. The third kappa shape index (κ3) is 3.34. The zero-order valence-corrected chi connectivity index (χ0v) is 15.7. The SMILES string of the molecule is O=C1C(=O)N(c2cccnc2)C(c2ccc(O)cc2)C1=C(O)c1ccc(Cl)cc1. The second kappa shape index (κ2) is 7.41. The number of halogens is 1. The number of Topliss-reactive ketones (excluding diaryl/α,β-unsaturated/α-hetero) is 1. The maximum Gasteiger partial charge on any atom is 0.300 e. The summed E-state index contributed by atoms with van der Waals surface area (Å²) in [6.45, 7) is 0.